The molecule has 2 heterocycles. The second-order valence-corrected chi connectivity index (χ2v) is 12.3. The van der Waals surface area contributed by atoms with Gasteiger partial charge in [0.25, 0.3) is 0 Å². The van der Waals surface area contributed by atoms with Gasteiger partial charge in [-0.2, -0.15) is 0 Å². The van der Waals surface area contributed by atoms with E-state index in [1.807, 2.05) is 66.7 Å². The number of para-hydroxylation sites is 1. The fourth-order valence-corrected chi connectivity index (χ4v) is 7.41. The zero-order valence-electron chi connectivity index (χ0n) is 25.7. The van der Waals surface area contributed by atoms with E-state index in [1.54, 1.807) is 12.1 Å². The minimum Gasteiger partial charge on any atom is -0.508 e. The normalized spacial score (nSPS) is 23.2. The average molecular weight is 591 g/mol. The van der Waals surface area contributed by atoms with E-state index in [2.05, 4.69) is 25.2 Å². The first-order chi connectivity index (χ1) is 21.5. The first-order valence-corrected chi connectivity index (χ1v) is 16.1. The van der Waals surface area contributed by atoms with Crippen molar-refractivity contribution >= 4 is 35.0 Å². The number of imide groups is 1. The number of aromatic hydroxyl groups is 1. The van der Waals surface area contributed by atoms with Gasteiger partial charge in [-0.3, -0.25) is 14.5 Å². The third-order valence-corrected chi connectivity index (χ3v) is 9.29. The molecule has 2 amide bonds. The van der Waals surface area contributed by atoms with E-state index < -0.39 is 0 Å². The molecule has 2 fully saturated rings. The summed E-state index contributed by atoms with van der Waals surface area (Å²) in [6.07, 6.45) is 8.48. The van der Waals surface area contributed by atoms with Gasteiger partial charge in [0.05, 0.1) is 30.2 Å². The van der Waals surface area contributed by atoms with E-state index in [0.717, 1.165) is 55.5 Å². The van der Waals surface area contributed by atoms with Gasteiger partial charge < -0.3 is 15.2 Å². The third kappa shape index (κ3) is 6.09. The monoisotopic (exact) mass is 590 g/mol. The van der Waals surface area contributed by atoms with Gasteiger partial charge >= 0.3 is 0 Å². The van der Waals surface area contributed by atoms with Crippen molar-refractivity contribution in [2.24, 2.45) is 17.8 Å². The Balaban J connectivity index is 1.20. The summed E-state index contributed by atoms with van der Waals surface area (Å²) in [6.45, 7) is 4.85. The summed E-state index contributed by atoms with van der Waals surface area (Å²) in [5.74, 6) is -0.662. The molecule has 3 aromatic rings. The maximum atomic E-state index is 14.0. The highest BCUT2D eigenvalue weighted by atomic mass is 16.5. The molecule has 0 bridgehead atoms. The van der Waals surface area contributed by atoms with Crippen LogP contribution in [0.3, 0.4) is 0 Å². The molecule has 2 aliphatic heterocycles. The van der Waals surface area contributed by atoms with Crippen molar-refractivity contribution in [3.05, 3.63) is 101 Å². The number of ether oxygens (including phenoxy) is 1. The van der Waals surface area contributed by atoms with Gasteiger partial charge in [0.2, 0.25) is 11.8 Å². The summed E-state index contributed by atoms with van der Waals surface area (Å²) >= 11 is 0. The van der Waals surface area contributed by atoms with Crippen molar-refractivity contribution in [2.75, 3.05) is 16.8 Å². The Morgan fingerprint density at radius 1 is 0.909 bits per heavy atom. The number of amides is 2. The van der Waals surface area contributed by atoms with Gasteiger partial charge in [-0.25, -0.2) is 0 Å². The van der Waals surface area contributed by atoms with E-state index in [1.165, 1.54) is 21.6 Å². The Labute approximate surface area is 260 Å². The molecule has 3 aromatic carbocycles. The highest BCUT2D eigenvalue weighted by Crippen LogP contribution is 2.51. The van der Waals surface area contributed by atoms with Crippen LogP contribution in [0.1, 0.15) is 64.4 Å². The largest absolute Gasteiger partial charge is 0.508 e. The van der Waals surface area contributed by atoms with Gasteiger partial charge in [-0.05, 0) is 91.8 Å². The third-order valence-electron chi connectivity index (χ3n) is 9.29. The zero-order valence-corrected chi connectivity index (χ0v) is 25.7. The summed E-state index contributed by atoms with van der Waals surface area (Å²) in [5.41, 5.74) is 7.45. The maximum absolute atomic E-state index is 14.0. The van der Waals surface area contributed by atoms with Gasteiger partial charge in [0, 0.05) is 17.3 Å². The van der Waals surface area contributed by atoms with Crippen LogP contribution in [0.2, 0.25) is 0 Å². The molecule has 6 rings (SSSR count). The molecule has 228 valence electrons. The van der Waals surface area contributed by atoms with Gasteiger partial charge in [-0.1, -0.05) is 74.2 Å². The molecule has 0 aromatic heterocycles. The maximum Gasteiger partial charge on any atom is 0.238 e. The molecule has 0 radical (unpaired) electrons. The number of hydrogen-bond acceptors (Lipinski definition) is 5. The Hall–Kier alpha value is -4.16. The number of nitrogens with one attached hydrogen (secondary N) is 1. The summed E-state index contributed by atoms with van der Waals surface area (Å²) in [5, 5.41) is 13.3. The zero-order chi connectivity index (χ0) is 30.6. The highest BCUT2D eigenvalue weighted by Gasteiger charge is 2.57. The number of carbonyl (C=O) groups excluding carboxylic acids is 2. The van der Waals surface area contributed by atoms with Gasteiger partial charge in [0.15, 0.2) is 0 Å². The molecule has 2 N–H and O–H groups in total. The average Bonchev–Trinajstić information content (AvgIpc) is 3.55. The number of benzene rings is 3. The Kier molecular flexibility index (Phi) is 8.99. The predicted molar refractivity (Wildman–Crippen MR) is 176 cm³/mol. The highest BCUT2D eigenvalue weighted by molar-refractivity contribution is 6.22. The molecule has 1 aliphatic carbocycles. The first-order valence-electron chi connectivity index (χ1n) is 16.1. The molecule has 6 heteroatoms. The van der Waals surface area contributed by atoms with Crippen LogP contribution in [0, 0.1) is 17.8 Å². The molecule has 3 aliphatic rings. The lowest BCUT2D eigenvalue weighted by atomic mass is 9.68. The fraction of sp³-hybridized carbons (Fsp3) is 0.368. The Morgan fingerprint density at radius 3 is 2.41 bits per heavy atom. The molecule has 2 saturated heterocycles. The molecule has 0 saturated carbocycles. The quantitative estimate of drug-likeness (QED) is 0.173. The van der Waals surface area contributed by atoms with Gasteiger partial charge in [0.1, 0.15) is 5.75 Å². The standard InChI is InChI=1S/C38H42N2O4/c1-3-9-25(21-26-11-8-14-31(41)22-26)15-20-34-35-27(10-4-2)23-32-36(33(35)24-44-34)38(43)40(37(32)42)30-18-16-29(17-19-30)39-28-12-6-5-7-13-28/h5-8,11-14,16-19,21-22,32-34,36,39,41H,3-4,9-10,15,20,23-24H2,1-2H3/b25-21+/t32-,33+,34-,36-/m1/s1. The number of allylic oxidation sites excluding steroid dienone is 2. The van der Waals surface area contributed by atoms with Crippen molar-refractivity contribution < 1.29 is 19.4 Å². The lowest BCUT2D eigenvalue weighted by molar-refractivity contribution is -0.122. The number of anilines is 3. The smallest absolute Gasteiger partial charge is 0.238 e. The number of phenolic OH excluding ortho intramolecular Hbond substituents is 1. The van der Waals surface area contributed by atoms with E-state index >= 15 is 0 Å². The van der Waals surface area contributed by atoms with Crippen molar-refractivity contribution in [1.29, 1.82) is 0 Å². The van der Waals surface area contributed by atoms with E-state index in [0.29, 0.717) is 18.7 Å². The summed E-state index contributed by atoms with van der Waals surface area (Å²) in [4.78, 5) is 29.3. The second kappa shape index (κ2) is 13.2. The molecule has 44 heavy (non-hydrogen) atoms. The second-order valence-electron chi connectivity index (χ2n) is 12.3. The van der Waals surface area contributed by atoms with Crippen LogP contribution in [-0.4, -0.2) is 29.6 Å². The van der Waals surface area contributed by atoms with Crippen LogP contribution in [0.4, 0.5) is 17.1 Å². The summed E-state index contributed by atoms with van der Waals surface area (Å²) in [7, 11) is 0. The number of rotatable bonds is 11. The summed E-state index contributed by atoms with van der Waals surface area (Å²) in [6, 6.07) is 24.9. The molecule has 0 spiro atoms. The molecule has 6 nitrogen and oxygen atoms in total. The molecular weight excluding hydrogens is 548 g/mol. The van der Waals surface area contributed by atoms with Crippen molar-refractivity contribution in [2.45, 2.75) is 64.9 Å². The molecular formula is C38H42N2O4. The number of carbonyl (C=O) groups is 2. The number of phenols is 1. The van der Waals surface area contributed by atoms with Crippen LogP contribution in [0.15, 0.2) is 95.6 Å². The van der Waals surface area contributed by atoms with Crippen LogP contribution in [-0.2, 0) is 14.3 Å². The Bertz CT molecular complexity index is 1560. The molecule has 0 unspecified atom stereocenters. The van der Waals surface area contributed by atoms with E-state index in [9.17, 15) is 14.7 Å². The van der Waals surface area contributed by atoms with Crippen molar-refractivity contribution in [3.8, 4) is 5.75 Å². The van der Waals surface area contributed by atoms with Crippen molar-refractivity contribution in [1.82, 2.24) is 0 Å². The van der Waals surface area contributed by atoms with Crippen LogP contribution in [0.25, 0.3) is 6.08 Å². The topological polar surface area (TPSA) is 78.9 Å². The van der Waals surface area contributed by atoms with E-state index in [-0.39, 0.29) is 41.4 Å². The SMILES string of the molecule is CCCC1=C2[C@@H](CC/C(=C/c3cccc(O)c3)CCC)OC[C@@H]2[C@@H]2C(=O)N(c3ccc(Nc4ccccc4)cc3)C(=O)[C@@H]2C1. The lowest BCUT2D eigenvalue weighted by Gasteiger charge is -2.32. The van der Waals surface area contributed by atoms with Gasteiger partial charge in [-0.15, -0.1) is 0 Å². The number of fused-ring (bicyclic) bond motifs is 3. The first kappa shape index (κ1) is 29.9. The van der Waals surface area contributed by atoms with Crippen LogP contribution in [0.5, 0.6) is 5.75 Å². The van der Waals surface area contributed by atoms with Crippen LogP contribution < -0.4 is 10.2 Å². The minimum atomic E-state index is -0.372. The van der Waals surface area contributed by atoms with E-state index in [4.69, 9.17) is 4.74 Å². The predicted octanol–water partition coefficient (Wildman–Crippen LogP) is 8.42. The number of hydrogen-bond donors (Lipinski definition) is 2. The van der Waals surface area contributed by atoms with Crippen LogP contribution >= 0.6 is 0 Å². The fourth-order valence-electron chi connectivity index (χ4n) is 7.41. The van der Waals surface area contributed by atoms with Crippen molar-refractivity contribution in [3.63, 3.8) is 0 Å². The lowest BCUT2D eigenvalue weighted by Crippen LogP contribution is -2.34. The minimum absolute atomic E-state index is 0.0350. The number of nitrogens with zero attached hydrogens (tertiary/aromatic N) is 1. The summed E-state index contributed by atoms with van der Waals surface area (Å²) < 4.78 is 6.46. The molecule has 4 atom stereocenters. The Morgan fingerprint density at radius 2 is 1.68 bits per heavy atom.